The topological polar surface area (TPSA) is 82.2 Å². The molecule has 2 rings (SSSR count). The van der Waals surface area contributed by atoms with E-state index in [0.29, 0.717) is 18.1 Å². The highest BCUT2D eigenvalue weighted by Gasteiger charge is 2.37. The molecule has 0 saturated heterocycles. The summed E-state index contributed by atoms with van der Waals surface area (Å²) < 4.78 is 5.28. The molecule has 2 unspecified atom stereocenters. The molecule has 0 aliphatic heterocycles. The molecule has 1 saturated carbocycles. The maximum Gasteiger partial charge on any atom is 0.237 e. The Labute approximate surface area is 105 Å². The van der Waals surface area contributed by atoms with Gasteiger partial charge in [-0.3, -0.25) is 4.79 Å². The predicted molar refractivity (Wildman–Crippen MR) is 68.4 cm³/mol. The Hall–Kier alpha value is -0.940. The second-order valence-electron chi connectivity index (χ2n) is 4.63. The molecular formula is C12H18N2O2S. The molecule has 1 aromatic heterocycles. The van der Waals surface area contributed by atoms with E-state index in [9.17, 15) is 4.79 Å². The first-order valence-electron chi connectivity index (χ1n) is 5.83. The summed E-state index contributed by atoms with van der Waals surface area (Å²) in [4.78, 5) is 11.3. The van der Waals surface area contributed by atoms with E-state index in [1.54, 1.807) is 18.0 Å². The van der Waals surface area contributed by atoms with Gasteiger partial charge in [0.15, 0.2) is 0 Å². The third-order valence-electron chi connectivity index (χ3n) is 3.27. The number of hydrogen-bond acceptors (Lipinski definition) is 4. The van der Waals surface area contributed by atoms with Crippen LogP contribution in [0.25, 0.3) is 0 Å². The van der Waals surface area contributed by atoms with Crippen LogP contribution in [-0.4, -0.2) is 16.7 Å². The van der Waals surface area contributed by atoms with E-state index < -0.39 is 5.54 Å². The molecule has 1 amide bonds. The van der Waals surface area contributed by atoms with Crippen molar-refractivity contribution < 1.29 is 9.21 Å². The quantitative estimate of drug-likeness (QED) is 0.855. The van der Waals surface area contributed by atoms with Crippen LogP contribution in [0.4, 0.5) is 0 Å². The minimum absolute atomic E-state index is 0.374. The fourth-order valence-electron chi connectivity index (χ4n) is 2.22. The van der Waals surface area contributed by atoms with Gasteiger partial charge < -0.3 is 15.9 Å². The monoisotopic (exact) mass is 254 g/mol. The normalized spacial score (nSPS) is 29.1. The van der Waals surface area contributed by atoms with Crippen LogP contribution in [-0.2, 0) is 10.5 Å². The molecule has 1 aliphatic rings. The van der Waals surface area contributed by atoms with Crippen LogP contribution in [0.1, 0.15) is 31.4 Å². The predicted octanol–water partition coefficient (Wildman–Crippen LogP) is 1.64. The van der Waals surface area contributed by atoms with Crippen LogP contribution in [0, 0.1) is 0 Å². The maximum atomic E-state index is 11.3. The zero-order chi connectivity index (χ0) is 12.3. The van der Waals surface area contributed by atoms with Gasteiger partial charge in [0.1, 0.15) is 5.76 Å². The fourth-order valence-corrected chi connectivity index (χ4v) is 3.53. The number of carbonyl (C=O) groups is 1. The van der Waals surface area contributed by atoms with Crippen molar-refractivity contribution in [2.75, 3.05) is 0 Å². The van der Waals surface area contributed by atoms with Crippen molar-refractivity contribution in [1.82, 2.24) is 0 Å². The molecular weight excluding hydrogens is 236 g/mol. The first-order valence-corrected chi connectivity index (χ1v) is 6.88. The van der Waals surface area contributed by atoms with Gasteiger partial charge in [-0.2, -0.15) is 11.8 Å². The summed E-state index contributed by atoms with van der Waals surface area (Å²) in [6, 6.07) is 3.84. The average molecular weight is 254 g/mol. The maximum absolute atomic E-state index is 11.3. The molecule has 1 heterocycles. The number of primary amides is 1. The Kier molecular flexibility index (Phi) is 3.79. The molecule has 1 aromatic rings. The number of carbonyl (C=O) groups excluding carboxylic acids is 1. The second-order valence-corrected chi connectivity index (χ2v) is 5.92. The van der Waals surface area contributed by atoms with E-state index in [2.05, 4.69) is 0 Å². The van der Waals surface area contributed by atoms with Crippen LogP contribution >= 0.6 is 11.8 Å². The number of amides is 1. The Bertz CT molecular complexity index is 380. The zero-order valence-electron chi connectivity index (χ0n) is 9.72. The van der Waals surface area contributed by atoms with Crippen LogP contribution in [0.2, 0.25) is 0 Å². The van der Waals surface area contributed by atoms with Crippen molar-refractivity contribution >= 4 is 17.7 Å². The largest absolute Gasteiger partial charge is 0.468 e. The fraction of sp³-hybridized carbons (Fsp3) is 0.583. The summed E-state index contributed by atoms with van der Waals surface area (Å²) in [5, 5.41) is 0.395. The summed E-state index contributed by atoms with van der Waals surface area (Å²) in [5.74, 6) is 1.41. The van der Waals surface area contributed by atoms with Gasteiger partial charge in [0.2, 0.25) is 5.91 Å². The van der Waals surface area contributed by atoms with E-state index in [1.165, 1.54) is 0 Å². The summed E-state index contributed by atoms with van der Waals surface area (Å²) >= 11 is 1.79. The molecule has 1 aliphatic carbocycles. The Morgan fingerprint density at radius 2 is 2.47 bits per heavy atom. The van der Waals surface area contributed by atoms with Gasteiger partial charge in [0.25, 0.3) is 0 Å². The third kappa shape index (κ3) is 3.04. The van der Waals surface area contributed by atoms with E-state index in [-0.39, 0.29) is 5.91 Å². The van der Waals surface area contributed by atoms with Crippen LogP contribution in [0.15, 0.2) is 22.8 Å². The molecule has 0 radical (unpaired) electrons. The molecule has 17 heavy (non-hydrogen) atoms. The number of thioether (sulfide) groups is 1. The first-order chi connectivity index (χ1) is 8.10. The van der Waals surface area contributed by atoms with E-state index in [1.807, 2.05) is 12.1 Å². The van der Waals surface area contributed by atoms with Gasteiger partial charge in [0, 0.05) is 5.25 Å². The Morgan fingerprint density at radius 1 is 1.65 bits per heavy atom. The summed E-state index contributed by atoms with van der Waals surface area (Å²) in [6.07, 6.45) is 5.12. The molecule has 0 spiro atoms. The van der Waals surface area contributed by atoms with Crippen molar-refractivity contribution in [2.24, 2.45) is 11.5 Å². The number of hydrogen-bond donors (Lipinski definition) is 2. The van der Waals surface area contributed by atoms with Gasteiger partial charge in [-0.05, 0) is 37.8 Å². The smallest absolute Gasteiger partial charge is 0.237 e. The van der Waals surface area contributed by atoms with E-state index in [4.69, 9.17) is 15.9 Å². The summed E-state index contributed by atoms with van der Waals surface area (Å²) in [7, 11) is 0. The minimum Gasteiger partial charge on any atom is -0.468 e. The molecule has 0 aromatic carbocycles. The number of furan rings is 1. The van der Waals surface area contributed by atoms with Gasteiger partial charge in [-0.25, -0.2) is 0 Å². The highest BCUT2D eigenvalue weighted by atomic mass is 32.2. The highest BCUT2D eigenvalue weighted by Crippen LogP contribution is 2.34. The van der Waals surface area contributed by atoms with Crippen LogP contribution in [0.3, 0.4) is 0 Å². The van der Waals surface area contributed by atoms with Gasteiger partial charge >= 0.3 is 0 Å². The Balaban J connectivity index is 1.87. The van der Waals surface area contributed by atoms with Crippen molar-refractivity contribution in [3.63, 3.8) is 0 Å². The standard InChI is InChI=1S/C12H18N2O2S/c13-11(15)12(14)5-1-4-10(7-12)17-8-9-3-2-6-16-9/h2-3,6,10H,1,4-5,7-8,14H2,(H2,13,15). The number of nitrogens with two attached hydrogens (primary N) is 2. The molecule has 0 bridgehead atoms. The lowest BCUT2D eigenvalue weighted by Gasteiger charge is -2.34. The van der Waals surface area contributed by atoms with Crippen LogP contribution in [0.5, 0.6) is 0 Å². The van der Waals surface area contributed by atoms with E-state index in [0.717, 1.165) is 24.4 Å². The number of rotatable bonds is 4. The lowest BCUT2D eigenvalue weighted by molar-refractivity contribution is -0.124. The molecule has 5 heteroatoms. The lowest BCUT2D eigenvalue weighted by Crippen LogP contribution is -2.55. The van der Waals surface area contributed by atoms with Gasteiger partial charge in [-0.15, -0.1) is 0 Å². The second kappa shape index (κ2) is 5.14. The lowest BCUT2D eigenvalue weighted by atomic mass is 9.82. The van der Waals surface area contributed by atoms with Gasteiger partial charge in [0.05, 0.1) is 17.6 Å². The molecule has 4 N–H and O–H groups in total. The molecule has 94 valence electrons. The molecule has 4 nitrogen and oxygen atoms in total. The van der Waals surface area contributed by atoms with Crippen molar-refractivity contribution in [3.8, 4) is 0 Å². The average Bonchev–Trinajstić information content (AvgIpc) is 2.79. The Morgan fingerprint density at radius 3 is 3.12 bits per heavy atom. The zero-order valence-corrected chi connectivity index (χ0v) is 10.5. The minimum atomic E-state index is -0.806. The van der Waals surface area contributed by atoms with E-state index >= 15 is 0 Å². The highest BCUT2D eigenvalue weighted by molar-refractivity contribution is 7.99. The third-order valence-corrected chi connectivity index (χ3v) is 4.60. The first kappa shape index (κ1) is 12.5. The summed E-state index contributed by atoms with van der Waals surface area (Å²) in [5.41, 5.74) is 10.6. The molecule has 1 fully saturated rings. The summed E-state index contributed by atoms with van der Waals surface area (Å²) in [6.45, 7) is 0. The molecule has 2 atom stereocenters. The van der Waals surface area contributed by atoms with Crippen molar-refractivity contribution in [2.45, 2.75) is 42.2 Å². The van der Waals surface area contributed by atoms with Crippen LogP contribution < -0.4 is 11.5 Å². The SMILES string of the molecule is NC(=O)C1(N)CCCC(SCc2ccco2)C1. The van der Waals surface area contributed by atoms with Crippen molar-refractivity contribution in [3.05, 3.63) is 24.2 Å². The van der Waals surface area contributed by atoms with Crippen molar-refractivity contribution in [1.29, 1.82) is 0 Å². The van der Waals surface area contributed by atoms with Gasteiger partial charge in [-0.1, -0.05) is 0 Å².